The van der Waals surface area contributed by atoms with Crippen LogP contribution in [0.25, 0.3) is 0 Å². The van der Waals surface area contributed by atoms with Crippen molar-refractivity contribution in [3.8, 4) is 0 Å². The standard InChI is InChI=1S/C22H25ClN2O.ClH/c23-19-8-6-16(7-9-19)17-10-12-25(13-11-17)22(15-21(22)24)14-20(26)18-4-2-1-3-5-18;/h1-9,17,21H,10-15,24H2;1H. The van der Waals surface area contributed by atoms with Gasteiger partial charge in [0.15, 0.2) is 5.78 Å². The molecule has 0 aromatic heterocycles. The minimum atomic E-state index is -0.127. The van der Waals surface area contributed by atoms with Crippen LogP contribution < -0.4 is 5.73 Å². The van der Waals surface area contributed by atoms with Crippen LogP contribution in [0, 0.1) is 0 Å². The number of Topliss-reactive ketones (excluding diaryl/α,β-unsaturated/α-hetero) is 1. The summed E-state index contributed by atoms with van der Waals surface area (Å²) in [5.41, 5.74) is 8.34. The van der Waals surface area contributed by atoms with Gasteiger partial charge in [-0.3, -0.25) is 9.69 Å². The summed E-state index contributed by atoms with van der Waals surface area (Å²) in [6.07, 6.45) is 3.67. The number of likely N-dealkylation sites (tertiary alicyclic amines) is 1. The first-order chi connectivity index (χ1) is 12.6. The van der Waals surface area contributed by atoms with Crippen molar-refractivity contribution in [2.45, 2.75) is 43.2 Å². The number of rotatable bonds is 5. The molecular weight excluding hydrogens is 379 g/mol. The van der Waals surface area contributed by atoms with E-state index in [1.165, 1.54) is 5.56 Å². The minimum Gasteiger partial charge on any atom is -0.326 e. The molecule has 27 heavy (non-hydrogen) atoms. The molecular formula is C22H26Cl2N2O. The van der Waals surface area contributed by atoms with Crippen LogP contribution >= 0.6 is 24.0 Å². The van der Waals surface area contributed by atoms with Crippen LogP contribution in [0.15, 0.2) is 54.6 Å². The van der Waals surface area contributed by atoms with E-state index in [0.29, 0.717) is 12.3 Å². The predicted molar refractivity (Wildman–Crippen MR) is 113 cm³/mol. The zero-order valence-electron chi connectivity index (χ0n) is 15.3. The lowest BCUT2D eigenvalue weighted by atomic mass is 9.88. The van der Waals surface area contributed by atoms with Crippen molar-refractivity contribution in [1.82, 2.24) is 4.90 Å². The molecule has 1 aliphatic carbocycles. The number of ketones is 1. The number of piperidine rings is 1. The first-order valence-electron chi connectivity index (χ1n) is 9.43. The fourth-order valence-electron chi connectivity index (χ4n) is 4.40. The summed E-state index contributed by atoms with van der Waals surface area (Å²) in [7, 11) is 0. The van der Waals surface area contributed by atoms with Gasteiger partial charge in [0.25, 0.3) is 0 Å². The number of benzene rings is 2. The van der Waals surface area contributed by atoms with E-state index in [0.717, 1.165) is 42.9 Å². The molecule has 1 saturated carbocycles. The molecule has 2 aromatic carbocycles. The molecule has 1 heterocycles. The van der Waals surface area contributed by atoms with Gasteiger partial charge in [-0.1, -0.05) is 54.1 Å². The molecule has 1 saturated heterocycles. The number of halogens is 2. The second kappa shape index (κ2) is 8.32. The largest absolute Gasteiger partial charge is 0.326 e. The first kappa shape index (κ1) is 20.3. The van der Waals surface area contributed by atoms with E-state index in [2.05, 4.69) is 17.0 Å². The van der Waals surface area contributed by atoms with Crippen molar-refractivity contribution in [3.63, 3.8) is 0 Å². The lowest BCUT2D eigenvalue weighted by Gasteiger charge is -2.38. The fourth-order valence-corrected chi connectivity index (χ4v) is 4.52. The summed E-state index contributed by atoms with van der Waals surface area (Å²) in [6.45, 7) is 2.01. The highest BCUT2D eigenvalue weighted by Gasteiger charge is 2.57. The molecule has 2 N–H and O–H groups in total. The molecule has 5 heteroatoms. The quantitative estimate of drug-likeness (QED) is 0.735. The van der Waals surface area contributed by atoms with Crippen LogP contribution in [0.3, 0.4) is 0 Å². The third-order valence-electron chi connectivity index (χ3n) is 6.13. The Bertz CT molecular complexity index is 773. The number of hydrogen-bond donors (Lipinski definition) is 1. The van der Waals surface area contributed by atoms with E-state index in [1.54, 1.807) is 0 Å². The van der Waals surface area contributed by atoms with Gasteiger partial charge in [0.2, 0.25) is 0 Å². The normalized spacial score (nSPS) is 25.6. The summed E-state index contributed by atoms with van der Waals surface area (Å²) in [5.74, 6) is 0.777. The average molecular weight is 405 g/mol. The maximum atomic E-state index is 12.7. The molecule has 0 radical (unpaired) electrons. The topological polar surface area (TPSA) is 46.3 Å². The fraction of sp³-hybridized carbons (Fsp3) is 0.409. The molecule has 4 rings (SSSR count). The molecule has 2 fully saturated rings. The predicted octanol–water partition coefficient (Wildman–Crippen LogP) is 4.68. The monoisotopic (exact) mass is 404 g/mol. The molecule has 3 nitrogen and oxygen atoms in total. The zero-order valence-corrected chi connectivity index (χ0v) is 16.9. The van der Waals surface area contributed by atoms with E-state index >= 15 is 0 Å². The Morgan fingerprint density at radius 3 is 2.22 bits per heavy atom. The molecule has 2 aromatic rings. The Morgan fingerprint density at radius 2 is 1.67 bits per heavy atom. The number of nitrogens with two attached hydrogens (primary N) is 1. The number of hydrogen-bond acceptors (Lipinski definition) is 3. The molecule has 1 aliphatic heterocycles. The van der Waals surface area contributed by atoms with Crippen molar-refractivity contribution in [2.75, 3.05) is 13.1 Å². The summed E-state index contributed by atoms with van der Waals surface area (Å²) in [4.78, 5) is 15.2. The van der Waals surface area contributed by atoms with Gasteiger partial charge >= 0.3 is 0 Å². The minimum absolute atomic E-state index is 0. The van der Waals surface area contributed by atoms with Crippen LogP contribution in [0.2, 0.25) is 5.02 Å². The van der Waals surface area contributed by atoms with Crippen LogP contribution in [-0.4, -0.2) is 35.4 Å². The second-order valence-corrected chi connectivity index (χ2v) is 8.13. The van der Waals surface area contributed by atoms with Crippen molar-refractivity contribution in [1.29, 1.82) is 0 Å². The Morgan fingerprint density at radius 1 is 1.07 bits per heavy atom. The van der Waals surface area contributed by atoms with Gasteiger partial charge in [0.1, 0.15) is 0 Å². The van der Waals surface area contributed by atoms with E-state index < -0.39 is 0 Å². The Balaban J connectivity index is 0.00000210. The van der Waals surface area contributed by atoms with Crippen molar-refractivity contribution in [2.24, 2.45) is 5.73 Å². The van der Waals surface area contributed by atoms with Crippen LogP contribution in [0.4, 0.5) is 0 Å². The highest BCUT2D eigenvalue weighted by Crippen LogP contribution is 2.46. The number of carbonyl (C=O) groups excluding carboxylic acids is 1. The van der Waals surface area contributed by atoms with Gasteiger partial charge in [-0.15, -0.1) is 12.4 Å². The third-order valence-corrected chi connectivity index (χ3v) is 6.38. The molecule has 2 atom stereocenters. The van der Waals surface area contributed by atoms with Crippen LogP contribution in [-0.2, 0) is 0 Å². The maximum Gasteiger partial charge on any atom is 0.164 e. The highest BCUT2D eigenvalue weighted by molar-refractivity contribution is 6.30. The van der Waals surface area contributed by atoms with Crippen LogP contribution in [0.5, 0.6) is 0 Å². The van der Waals surface area contributed by atoms with E-state index in [-0.39, 0.29) is 29.8 Å². The molecule has 0 spiro atoms. The Kier molecular flexibility index (Phi) is 6.27. The van der Waals surface area contributed by atoms with Crippen molar-refractivity contribution >= 4 is 29.8 Å². The molecule has 2 unspecified atom stereocenters. The SMILES string of the molecule is Cl.NC1CC1(CC(=O)c1ccccc1)N1CCC(c2ccc(Cl)cc2)CC1. The van der Waals surface area contributed by atoms with E-state index in [1.807, 2.05) is 42.5 Å². The summed E-state index contributed by atoms with van der Waals surface area (Å²) in [5, 5.41) is 0.786. The lowest BCUT2D eigenvalue weighted by Crippen LogP contribution is -2.47. The smallest absolute Gasteiger partial charge is 0.164 e. The third kappa shape index (κ3) is 4.22. The molecule has 144 valence electrons. The second-order valence-electron chi connectivity index (χ2n) is 7.69. The summed E-state index contributed by atoms with van der Waals surface area (Å²) >= 11 is 6.00. The lowest BCUT2D eigenvalue weighted by molar-refractivity contribution is 0.0839. The van der Waals surface area contributed by atoms with E-state index in [4.69, 9.17) is 17.3 Å². The van der Waals surface area contributed by atoms with Crippen LogP contribution in [0.1, 0.15) is 47.5 Å². The van der Waals surface area contributed by atoms with Gasteiger partial charge in [0.05, 0.1) is 0 Å². The molecule has 0 bridgehead atoms. The number of carbonyl (C=O) groups is 1. The van der Waals surface area contributed by atoms with Crippen molar-refractivity contribution in [3.05, 3.63) is 70.7 Å². The summed E-state index contributed by atoms with van der Waals surface area (Å²) in [6, 6.07) is 17.9. The Labute approximate surface area is 172 Å². The van der Waals surface area contributed by atoms with Gasteiger partial charge in [0, 0.05) is 28.6 Å². The highest BCUT2D eigenvalue weighted by atomic mass is 35.5. The van der Waals surface area contributed by atoms with Gasteiger partial charge < -0.3 is 5.73 Å². The van der Waals surface area contributed by atoms with Crippen molar-refractivity contribution < 1.29 is 4.79 Å². The summed E-state index contributed by atoms with van der Waals surface area (Å²) < 4.78 is 0. The van der Waals surface area contributed by atoms with Gasteiger partial charge in [-0.05, 0) is 56.0 Å². The zero-order chi connectivity index (χ0) is 18.1. The van der Waals surface area contributed by atoms with Gasteiger partial charge in [-0.25, -0.2) is 0 Å². The maximum absolute atomic E-state index is 12.7. The van der Waals surface area contributed by atoms with Gasteiger partial charge in [-0.2, -0.15) is 0 Å². The first-order valence-corrected chi connectivity index (χ1v) is 9.81. The molecule has 2 aliphatic rings. The average Bonchev–Trinajstić information content (AvgIpc) is 3.33. The van der Waals surface area contributed by atoms with E-state index in [9.17, 15) is 4.79 Å². The Hall–Kier alpha value is -1.39. The number of nitrogens with zero attached hydrogens (tertiary/aromatic N) is 1. The molecule has 0 amide bonds.